The normalized spacial score (nSPS) is 11.2. The van der Waals surface area contributed by atoms with E-state index in [1.807, 2.05) is 0 Å². The largest absolute Gasteiger partial charge is 0.377 e. The lowest BCUT2D eigenvalue weighted by molar-refractivity contribution is 0.479. The molecule has 6 heteroatoms. The van der Waals surface area contributed by atoms with Crippen LogP contribution in [0, 0.1) is 0 Å². The standard InChI is InChI=1S/C9H8N2O3S/c12-15(13,9-10-6-7-11-9)14-8-4-2-1-3-5-8/h1-7H,(H,10,11). The molecule has 0 amide bonds. The number of para-hydroxylation sites is 1. The first-order valence-corrected chi connectivity index (χ1v) is 5.58. The maximum atomic E-state index is 11.5. The fourth-order valence-corrected chi connectivity index (χ4v) is 1.88. The molecule has 0 aliphatic carbocycles. The van der Waals surface area contributed by atoms with E-state index in [0.717, 1.165) is 0 Å². The van der Waals surface area contributed by atoms with Crippen LogP contribution >= 0.6 is 0 Å². The van der Waals surface area contributed by atoms with E-state index in [1.165, 1.54) is 12.4 Å². The Morgan fingerprint density at radius 3 is 2.53 bits per heavy atom. The van der Waals surface area contributed by atoms with E-state index in [9.17, 15) is 8.42 Å². The molecule has 0 bridgehead atoms. The zero-order chi connectivity index (χ0) is 10.7. The number of aromatic amines is 1. The van der Waals surface area contributed by atoms with Gasteiger partial charge in [0.15, 0.2) is 0 Å². The summed E-state index contributed by atoms with van der Waals surface area (Å²) in [7, 11) is -3.84. The highest BCUT2D eigenvalue weighted by atomic mass is 32.2. The average molecular weight is 224 g/mol. The summed E-state index contributed by atoms with van der Waals surface area (Å²) in [5.41, 5.74) is 0. The Morgan fingerprint density at radius 2 is 1.93 bits per heavy atom. The molecule has 0 atom stereocenters. The molecule has 1 aromatic carbocycles. The van der Waals surface area contributed by atoms with E-state index in [4.69, 9.17) is 4.18 Å². The molecule has 78 valence electrons. The van der Waals surface area contributed by atoms with Crippen molar-refractivity contribution in [2.24, 2.45) is 0 Å². The predicted molar refractivity (Wildman–Crippen MR) is 52.8 cm³/mol. The van der Waals surface area contributed by atoms with Gasteiger partial charge in [-0.25, -0.2) is 4.98 Å². The maximum Gasteiger partial charge on any atom is 0.373 e. The van der Waals surface area contributed by atoms with Crippen LogP contribution in [0.3, 0.4) is 0 Å². The van der Waals surface area contributed by atoms with Crippen molar-refractivity contribution in [3.63, 3.8) is 0 Å². The highest BCUT2D eigenvalue weighted by Gasteiger charge is 2.18. The highest BCUT2D eigenvalue weighted by molar-refractivity contribution is 7.86. The molecule has 0 radical (unpaired) electrons. The molecule has 2 rings (SSSR count). The van der Waals surface area contributed by atoms with Crippen LogP contribution in [0.4, 0.5) is 0 Å². The van der Waals surface area contributed by atoms with Gasteiger partial charge in [0, 0.05) is 12.4 Å². The number of aromatic nitrogens is 2. The fraction of sp³-hybridized carbons (Fsp3) is 0. The van der Waals surface area contributed by atoms with Gasteiger partial charge in [-0.2, -0.15) is 8.42 Å². The number of benzene rings is 1. The van der Waals surface area contributed by atoms with Gasteiger partial charge >= 0.3 is 10.1 Å². The zero-order valence-corrected chi connectivity index (χ0v) is 8.44. The second kappa shape index (κ2) is 3.74. The second-order valence-corrected chi connectivity index (χ2v) is 4.21. The van der Waals surface area contributed by atoms with Gasteiger partial charge in [-0.15, -0.1) is 0 Å². The Balaban J connectivity index is 2.27. The molecule has 1 heterocycles. The quantitative estimate of drug-likeness (QED) is 0.794. The van der Waals surface area contributed by atoms with E-state index in [0.29, 0.717) is 0 Å². The van der Waals surface area contributed by atoms with Crippen molar-refractivity contribution in [1.82, 2.24) is 9.97 Å². The summed E-state index contributed by atoms with van der Waals surface area (Å²) in [4.78, 5) is 6.09. The minimum absolute atomic E-state index is 0.202. The van der Waals surface area contributed by atoms with Crippen molar-refractivity contribution in [2.45, 2.75) is 5.16 Å². The van der Waals surface area contributed by atoms with Crippen LogP contribution in [0.15, 0.2) is 47.9 Å². The van der Waals surface area contributed by atoms with E-state index >= 15 is 0 Å². The molecule has 0 unspecified atom stereocenters. The van der Waals surface area contributed by atoms with E-state index in [2.05, 4.69) is 9.97 Å². The van der Waals surface area contributed by atoms with Crippen molar-refractivity contribution >= 4 is 10.1 Å². The van der Waals surface area contributed by atoms with Crippen LogP contribution in [0.5, 0.6) is 5.75 Å². The van der Waals surface area contributed by atoms with Crippen LogP contribution in [-0.2, 0) is 10.1 Å². The summed E-state index contributed by atoms with van der Waals surface area (Å²) in [5.74, 6) is 0.258. The monoisotopic (exact) mass is 224 g/mol. The number of rotatable bonds is 3. The third-order valence-electron chi connectivity index (χ3n) is 1.66. The van der Waals surface area contributed by atoms with Gasteiger partial charge in [0.05, 0.1) is 0 Å². The Labute approximate surface area is 86.9 Å². The highest BCUT2D eigenvalue weighted by Crippen LogP contribution is 2.14. The van der Waals surface area contributed by atoms with Crippen LogP contribution in [0.2, 0.25) is 0 Å². The van der Waals surface area contributed by atoms with E-state index in [1.54, 1.807) is 30.3 Å². The van der Waals surface area contributed by atoms with E-state index in [-0.39, 0.29) is 10.9 Å². The molecular formula is C9H8N2O3S. The second-order valence-electron chi connectivity index (χ2n) is 2.74. The molecule has 15 heavy (non-hydrogen) atoms. The van der Waals surface area contributed by atoms with Crippen molar-refractivity contribution in [1.29, 1.82) is 0 Å². The number of nitrogens with zero attached hydrogens (tertiary/aromatic N) is 1. The minimum atomic E-state index is -3.84. The lowest BCUT2D eigenvalue weighted by Gasteiger charge is -2.03. The smallest absolute Gasteiger partial charge is 0.373 e. The van der Waals surface area contributed by atoms with Crippen LogP contribution in [-0.4, -0.2) is 18.4 Å². The molecule has 0 saturated heterocycles. The Hall–Kier alpha value is -1.82. The molecule has 5 nitrogen and oxygen atoms in total. The predicted octanol–water partition coefficient (Wildman–Crippen LogP) is 1.18. The number of hydrogen-bond donors (Lipinski definition) is 1. The zero-order valence-electron chi connectivity index (χ0n) is 7.62. The van der Waals surface area contributed by atoms with Gasteiger partial charge in [0.25, 0.3) is 5.16 Å². The van der Waals surface area contributed by atoms with Crippen molar-refractivity contribution in [2.75, 3.05) is 0 Å². The minimum Gasteiger partial charge on any atom is -0.377 e. The van der Waals surface area contributed by atoms with Crippen molar-refractivity contribution in [3.05, 3.63) is 42.7 Å². The fourth-order valence-electron chi connectivity index (χ4n) is 1.03. The summed E-state index contributed by atoms with van der Waals surface area (Å²) in [6.07, 6.45) is 2.77. The summed E-state index contributed by atoms with van der Waals surface area (Å²) in [6.45, 7) is 0. The van der Waals surface area contributed by atoms with Crippen LogP contribution in [0.1, 0.15) is 0 Å². The Bertz CT molecular complexity index is 520. The SMILES string of the molecule is O=S(=O)(Oc1ccccc1)c1ncc[nH]1. The maximum absolute atomic E-state index is 11.5. The van der Waals surface area contributed by atoms with Crippen LogP contribution in [0.25, 0.3) is 0 Å². The molecule has 0 aliphatic heterocycles. The molecular weight excluding hydrogens is 216 g/mol. The number of H-pyrrole nitrogens is 1. The van der Waals surface area contributed by atoms with Gasteiger partial charge in [-0.05, 0) is 12.1 Å². The van der Waals surface area contributed by atoms with Crippen LogP contribution < -0.4 is 4.18 Å². The van der Waals surface area contributed by atoms with Gasteiger partial charge in [-0.1, -0.05) is 18.2 Å². The number of imidazole rings is 1. The number of hydrogen-bond acceptors (Lipinski definition) is 4. The van der Waals surface area contributed by atoms with Crippen molar-refractivity contribution < 1.29 is 12.6 Å². The molecule has 0 spiro atoms. The molecule has 1 N–H and O–H groups in total. The van der Waals surface area contributed by atoms with Crippen molar-refractivity contribution in [3.8, 4) is 5.75 Å². The molecule has 0 aliphatic rings. The first-order chi connectivity index (χ1) is 7.18. The average Bonchev–Trinajstić information content (AvgIpc) is 2.71. The summed E-state index contributed by atoms with van der Waals surface area (Å²) >= 11 is 0. The topological polar surface area (TPSA) is 72.1 Å². The third kappa shape index (κ3) is 2.16. The lowest BCUT2D eigenvalue weighted by Crippen LogP contribution is -2.11. The van der Waals surface area contributed by atoms with Gasteiger partial charge in [0.1, 0.15) is 5.75 Å². The number of nitrogens with one attached hydrogen (secondary N) is 1. The molecule has 0 saturated carbocycles. The molecule has 0 fully saturated rings. The molecule has 2 aromatic rings. The summed E-state index contributed by atoms with van der Waals surface area (Å²) < 4.78 is 27.9. The summed E-state index contributed by atoms with van der Waals surface area (Å²) in [5, 5.41) is -0.202. The Morgan fingerprint density at radius 1 is 1.20 bits per heavy atom. The lowest BCUT2D eigenvalue weighted by atomic mass is 10.3. The van der Waals surface area contributed by atoms with Gasteiger partial charge in [-0.3, -0.25) is 0 Å². The first-order valence-electron chi connectivity index (χ1n) is 4.17. The molecule has 1 aromatic heterocycles. The third-order valence-corrected chi connectivity index (χ3v) is 2.77. The van der Waals surface area contributed by atoms with Gasteiger partial charge in [0.2, 0.25) is 0 Å². The van der Waals surface area contributed by atoms with Gasteiger partial charge < -0.3 is 9.17 Å². The first kappa shape index (κ1) is 9.72. The Kier molecular flexibility index (Phi) is 2.42. The summed E-state index contributed by atoms with van der Waals surface area (Å²) in [6, 6.07) is 8.26. The van der Waals surface area contributed by atoms with E-state index < -0.39 is 10.1 Å².